The number of anilines is 1. The van der Waals surface area contributed by atoms with Crippen molar-refractivity contribution >= 4 is 17.1 Å². The van der Waals surface area contributed by atoms with Gasteiger partial charge in [-0.2, -0.15) is 0 Å². The highest BCUT2D eigenvalue weighted by Gasteiger charge is 2.60. The van der Waals surface area contributed by atoms with Crippen molar-refractivity contribution in [2.75, 3.05) is 5.73 Å². The molecule has 0 saturated heterocycles. The first-order valence-corrected chi connectivity index (χ1v) is 7.52. The Balaban J connectivity index is 1.97. The molecule has 2 aromatic heterocycles. The summed E-state index contributed by atoms with van der Waals surface area (Å²) in [5.41, 5.74) is 8.69. The molecule has 0 spiro atoms. The number of fused-ring (bicyclic) bond motifs is 3. The quantitative estimate of drug-likeness (QED) is 0.864. The fraction of sp³-hybridized carbons (Fsp3) is 0.625. The second-order valence-corrected chi connectivity index (χ2v) is 7.50. The Morgan fingerprint density at radius 1 is 1.35 bits per heavy atom. The summed E-state index contributed by atoms with van der Waals surface area (Å²) in [5.74, 6) is 1.41. The molecule has 0 aromatic carbocycles. The van der Waals surface area contributed by atoms with Crippen molar-refractivity contribution in [2.45, 2.75) is 46.1 Å². The lowest BCUT2D eigenvalue weighted by molar-refractivity contribution is 0.0878. The van der Waals surface area contributed by atoms with Gasteiger partial charge in [0.1, 0.15) is 5.52 Å². The number of hydrogen-bond donors (Lipinski definition) is 1. The van der Waals surface area contributed by atoms with E-state index in [9.17, 15) is 0 Å². The van der Waals surface area contributed by atoms with E-state index < -0.39 is 0 Å². The van der Waals surface area contributed by atoms with Crippen LogP contribution in [0.1, 0.15) is 46.1 Å². The summed E-state index contributed by atoms with van der Waals surface area (Å²) in [6.07, 6.45) is 5.77. The highest BCUT2D eigenvalue weighted by Crippen LogP contribution is 2.68. The maximum atomic E-state index is 6.26. The summed E-state index contributed by atoms with van der Waals surface area (Å²) in [7, 11) is 0. The Hall–Kier alpha value is -1.58. The molecule has 2 aliphatic carbocycles. The molecule has 3 atom stereocenters. The number of pyridine rings is 1. The molecule has 2 aliphatic rings. The summed E-state index contributed by atoms with van der Waals surface area (Å²) in [6, 6.07) is 4.32. The first-order valence-electron chi connectivity index (χ1n) is 7.52. The molecule has 3 unspecified atom stereocenters. The molecule has 2 saturated carbocycles. The number of imidazole rings is 1. The molecule has 2 aromatic rings. The van der Waals surface area contributed by atoms with Crippen molar-refractivity contribution in [3.63, 3.8) is 0 Å². The van der Waals surface area contributed by atoms with Crippen molar-refractivity contribution < 1.29 is 0 Å². The first-order chi connectivity index (χ1) is 9.43. The van der Waals surface area contributed by atoms with Crippen LogP contribution in [0.4, 0.5) is 5.95 Å². The molecule has 106 valence electrons. The van der Waals surface area contributed by atoms with E-state index in [1.165, 1.54) is 19.3 Å². The van der Waals surface area contributed by atoms with Gasteiger partial charge in [-0.25, -0.2) is 9.97 Å². The highest BCUT2D eigenvalue weighted by atomic mass is 15.2. The minimum absolute atomic E-state index is 0.256. The van der Waals surface area contributed by atoms with Crippen LogP contribution in [0.25, 0.3) is 11.2 Å². The normalized spacial score (nSPS) is 35.0. The van der Waals surface area contributed by atoms with Crippen molar-refractivity contribution in [1.82, 2.24) is 14.5 Å². The summed E-state index contributed by atoms with van der Waals surface area (Å²) in [4.78, 5) is 9.06. The number of nitrogens with zero attached hydrogens (tertiary/aromatic N) is 3. The summed E-state index contributed by atoms with van der Waals surface area (Å²) >= 11 is 0. The van der Waals surface area contributed by atoms with E-state index in [1.807, 2.05) is 18.3 Å². The summed E-state index contributed by atoms with van der Waals surface area (Å²) in [6.45, 7) is 7.20. The number of nitrogen functional groups attached to an aromatic ring is 1. The van der Waals surface area contributed by atoms with Gasteiger partial charge < -0.3 is 5.73 Å². The zero-order valence-electron chi connectivity index (χ0n) is 12.4. The third kappa shape index (κ3) is 1.32. The summed E-state index contributed by atoms with van der Waals surface area (Å²) < 4.78 is 2.22. The lowest BCUT2D eigenvalue weighted by Crippen LogP contribution is -2.37. The van der Waals surface area contributed by atoms with E-state index in [1.54, 1.807) is 0 Å². The monoisotopic (exact) mass is 270 g/mol. The van der Waals surface area contributed by atoms with Crippen LogP contribution in [-0.2, 0) is 0 Å². The van der Waals surface area contributed by atoms with Crippen LogP contribution in [0, 0.1) is 16.7 Å². The van der Waals surface area contributed by atoms with Gasteiger partial charge in [0, 0.05) is 12.2 Å². The van der Waals surface area contributed by atoms with Gasteiger partial charge in [0.25, 0.3) is 0 Å². The molecule has 0 radical (unpaired) electrons. The Labute approximate surface area is 119 Å². The molecule has 2 bridgehead atoms. The fourth-order valence-electron chi connectivity index (χ4n) is 5.12. The maximum Gasteiger partial charge on any atom is 0.202 e. The van der Waals surface area contributed by atoms with Crippen molar-refractivity contribution in [3.05, 3.63) is 18.3 Å². The van der Waals surface area contributed by atoms with Crippen LogP contribution >= 0.6 is 0 Å². The van der Waals surface area contributed by atoms with Crippen LogP contribution in [0.5, 0.6) is 0 Å². The predicted octanol–water partition coefficient (Wildman–Crippen LogP) is 3.40. The Kier molecular flexibility index (Phi) is 2.16. The van der Waals surface area contributed by atoms with Crippen LogP contribution < -0.4 is 5.73 Å². The molecule has 2 fully saturated rings. The number of hydrogen-bond acceptors (Lipinski definition) is 3. The SMILES string of the molecule is CC12CCC(C1)C(C)(C)C2n1c(N)nc2cccnc21. The van der Waals surface area contributed by atoms with Crippen molar-refractivity contribution in [1.29, 1.82) is 0 Å². The average Bonchev–Trinajstić information content (AvgIpc) is 2.97. The second-order valence-electron chi connectivity index (χ2n) is 7.50. The summed E-state index contributed by atoms with van der Waals surface area (Å²) in [5, 5.41) is 0. The molecular weight excluding hydrogens is 248 g/mol. The molecule has 0 amide bonds. The third-order valence-electron chi connectivity index (χ3n) is 5.93. The molecule has 4 rings (SSSR count). The second kappa shape index (κ2) is 3.54. The standard InChI is InChI=1S/C16H22N4/c1-15(2)10-6-7-16(3,9-10)13(15)20-12-11(19-14(20)17)5-4-8-18-12/h4-5,8,10,13H,6-7,9H2,1-3H3,(H2,17,19). The van der Waals surface area contributed by atoms with Gasteiger partial charge in [0.2, 0.25) is 5.95 Å². The fourth-order valence-corrected chi connectivity index (χ4v) is 5.12. The maximum absolute atomic E-state index is 6.26. The molecule has 2 N–H and O–H groups in total. The van der Waals surface area contributed by atoms with E-state index in [0.717, 1.165) is 17.1 Å². The van der Waals surface area contributed by atoms with Gasteiger partial charge in [-0.05, 0) is 48.1 Å². The van der Waals surface area contributed by atoms with Crippen molar-refractivity contribution in [3.8, 4) is 0 Å². The number of aromatic nitrogens is 3. The molecular formula is C16H22N4. The van der Waals surface area contributed by atoms with E-state index in [-0.39, 0.29) is 5.41 Å². The minimum atomic E-state index is 0.256. The van der Waals surface area contributed by atoms with Gasteiger partial charge in [-0.1, -0.05) is 20.8 Å². The molecule has 4 nitrogen and oxygen atoms in total. The number of nitrogens with two attached hydrogens (primary N) is 1. The van der Waals surface area contributed by atoms with Crippen LogP contribution in [-0.4, -0.2) is 14.5 Å². The van der Waals surface area contributed by atoms with Gasteiger partial charge in [0.05, 0.1) is 0 Å². The van der Waals surface area contributed by atoms with E-state index in [0.29, 0.717) is 17.4 Å². The van der Waals surface area contributed by atoms with E-state index >= 15 is 0 Å². The zero-order valence-corrected chi connectivity index (χ0v) is 12.4. The predicted molar refractivity (Wildman–Crippen MR) is 80.2 cm³/mol. The highest BCUT2D eigenvalue weighted by molar-refractivity contribution is 5.74. The van der Waals surface area contributed by atoms with Crippen LogP contribution in [0.3, 0.4) is 0 Å². The molecule has 0 aliphatic heterocycles. The van der Waals surface area contributed by atoms with Crippen LogP contribution in [0.15, 0.2) is 18.3 Å². The van der Waals surface area contributed by atoms with Gasteiger partial charge in [-0.3, -0.25) is 4.57 Å². The Morgan fingerprint density at radius 3 is 2.85 bits per heavy atom. The lowest BCUT2D eigenvalue weighted by Gasteiger charge is -2.43. The number of rotatable bonds is 1. The molecule has 4 heteroatoms. The van der Waals surface area contributed by atoms with E-state index in [4.69, 9.17) is 5.73 Å². The first kappa shape index (κ1) is 12.2. The minimum Gasteiger partial charge on any atom is -0.369 e. The van der Waals surface area contributed by atoms with E-state index in [2.05, 4.69) is 35.3 Å². The van der Waals surface area contributed by atoms with Crippen LogP contribution in [0.2, 0.25) is 0 Å². The molecule has 2 heterocycles. The Morgan fingerprint density at radius 2 is 2.15 bits per heavy atom. The lowest BCUT2D eigenvalue weighted by atomic mass is 9.68. The molecule has 20 heavy (non-hydrogen) atoms. The van der Waals surface area contributed by atoms with Gasteiger partial charge in [0.15, 0.2) is 5.65 Å². The third-order valence-corrected chi connectivity index (χ3v) is 5.93. The van der Waals surface area contributed by atoms with Crippen molar-refractivity contribution in [2.24, 2.45) is 16.7 Å². The average molecular weight is 270 g/mol. The zero-order chi connectivity index (χ0) is 14.1. The largest absolute Gasteiger partial charge is 0.369 e. The van der Waals surface area contributed by atoms with Gasteiger partial charge >= 0.3 is 0 Å². The smallest absolute Gasteiger partial charge is 0.202 e. The Bertz CT molecular complexity index is 682. The van der Waals surface area contributed by atoms with Gasteiger partial charge in [-0.15, -0.1) is 0 Å². The topological polar surface area (TPSA) is 56.7 Å².